The molecule has 0 aromatic carbocycles. The number of rotatable bonds is 7. The van der Waals surface area contributed by atoms with Gasteiger partial charge < -0.3 is 19.7 Å². The van der Waals surface area contributed by atoms with Gasteiger partial charge in [0.1, 0.15) is 11.4 Å². The summed E-state index contributed by atoms with van der Waals surface area (Å²) >= 11 is 0. The molecule has 1 aromatic heterocycles. The van der Waals surface area contributed by atoms with Crippen LogP contribution in [-0.2, 0) is 9.47 Å². The number of nitrogens with zero attached hydrogens (tertiary/aromatic N) is 2. The fourth-order valence-electron chi connectivity index (χ4n) is 2.85. The number of hydrogen-bond acceptors (Lipinski definition) is 6. The summed E-state index contributed by atoms with van der Waals surface area (Å²) in [6.07, 6.45) is 3.13. The van der Waals surface area contributed by atoms with Gasteiger partial charge in [-0.25, -0.2) is 9.78 Å². The molecule has 2 rings (SSSR count). The second kappa shape index (κ2) is 9.69. The molecule has 0 unspecified atom stereocenters. The quantitative estimate of drug-likeness (QED) is 0.581. The number of Topliss-reactive ketones (excluding diaryl/α,β-unsaturated/α-hetero) is 1. The summed E-state index contributed by atoms with van der Waals surface area (Å²) < 4.78 is 10.5. The molecule has 2 heterocycles. The molecule has 1 amide bonds. The molecule has 1 N–H and O–H groups in total. The lowest BCUT2D eigenvalue weighted by Gasteiger charge is -2.28. The smallest absolute Gasteiger partial charge is 0.407 e. The molecule has 1 aromatic rings. The predicted molar refractivity (Wildman–Crippen MR) is 104 cm³/mol. The predicted octanol–water partition coefficient (Wildman–Crippen LogP) is 3.10. The largest absolute Gasteiger partial charge is 0.444 e. The van der Waals surface area contributed by atoms with E-state index in [0.29, 0.717) is 38.2 Å². The van der Waals surface area contributed by atoms with E-state index in [4.69, 9.17) is 9.47 Å². The number of unbranched alkanes of at least 4 members (excludes halogenated alkanes) is 1. The lowest BCUT2D eigenvalue weighted by atomic mass is 10.0. The second-order valence-corrected chi connectivity index (χ2v) is 7.77. The first kappa shape index (κ1) is 21.2. The highest BCUT2D eigenvalue weighted by molar-refractivity contribution is 5.97. The first-order valence-corrected chi connectivity index (χ1v) is 9.55. The molecular formula is C20H31N3O4. The van der Waals surface area contributed by atoms with E-state index in [-0.39, 0.29) is 5.78 Å². The van der Waals surface area contributed by atoms with Crippen LogP contribution in [0, 0.1) is 6.92 Å². The minimum atomic E-state index is -0.502. The Bertz CT molecular complexity index is 649. The van der Waals surface area contributed by atoms with Crippen LogP contribution in [0.5, 0.6) is 0 Å². The van der Waals surface area contributed by atoms with E-state index in [1.165, 1.54) is 0 Å². The van der Waals surface area contributed by atoms with E-state index >= 15 is 0 Å². The van der Waals surface area contributed by atoms with Crippen LogP contribution >= 0.6 is 0 Å². The molecule has 0 radical (unpaired) electrons. The summed E-state index contributed by atoms with van der Waals surface area (Å²) in [7, 11) is 0. The SMILES string of the molecule is Cc1cc(N2CCOCC2)ncc1C(=O)CCCCNC(=O)OC(C)(C)C. The van der Waals surface area contributed by atoms with Crippen molar-refractivity contribution in [3.8, 4) is 0 Å². The van der Waals surface area contributed by atoms with Gasteiger partial charge in [-0.05, 0) is 52.2 Å². The highest BCUT2D eigenvalue weighted by atomic mass is 16.6. The van der Waals surface area contributed by atoms with Gasteiger partial charge >= 0.3 is 6.09 Å². The molecule has 1 aliphatic heterocycles. The van der Waals surface area contributed by atoms with Crippen molar-refractivity contribution in [2.24, 2.45) is 0 Å². The Kier molecular flexibility index (Phi) is 7.59. The summed E-state index contributed by atoms with van der Waals surface area (Å²) in [5.74, 6) is 0.986. The number of aryl methyl sites for hydroxylation is 1. The molecule has 7 nitrogen and oxygen atoms in total. The Labute approximate surface area is 161 Å². The van der Waals surface area contributed by atoms with Gasteiger partial charge in [-0.2, -0.15) is 0 Å². The molecule has 0 spiro atoms. The molecule has 1 saturated heterocycles. The number of anilines is 1. The van der Waals surface area contributed by atoms with Crippen LogP contribution in [0.15, 0.2) is 12.3 Å². The van der Waals surface area contributed by atoms with E-state index in [1.807, 2.05) is 33.8 Å². The van der Waals surface area contributed by atoms with Gasteiger partial charge in [0.25, 0.3) is 0 Å². The Morgan fingerprint density at radius 1 is 1.26 bits per heavy atom. The third-order valence-electron chi connectivity index (χ3n) is 4.23. The van der Waals surface area contributed by atoms with Gasteiger partial charge in [0.05, 0.1) is 13.2 Å². The van der Waals surface area contributed by atoms with Crippen molar-refractivity contribution in [1.29, 1.82) is 0 Å². The van der Waals surface area contributed by atoms with E-state index in [2.05, 4.69) is 15.2 Å². The average Bonchev–Trinajstić information content (AvgIpc) is 2.60. The number of ketones is 1. The number of amides is 1. The van der Waals surface area contributed by atoms with Gasteiger partial charge in [0.2, 0.25) is 0 Å². The minimum absolute atomic E-state index is 0.0887. The maximum absolute atomic E-state index is 12.5. The van der Waals surface area contributed by atoms with Crippen molar-refractivity contribution >= 4 is 17.7 Å². The molecule has 27 heavy (non-hydrogen) atoms. The molecule has 0 saturated carbocycles. The summed E-state index contributed by atoms with van der Waals surface area (Å²) in [4.78, 5) is 30.7. The summed E-state index contributed by atoms with van der Waals surface area (Å²) in [6, 6.07) is 1.97. The van der Waals surface area contributed by atoms with Gasteiger partial charge in [0.15, 0.2) is 5.78 Å². The molecular weight excluding hydrogens is 346 g/mol. The fourth-order valence-corrected chi connectivity index (χ4v) is 2.85. The van der Waals surface area contributed by atoms with Crippen LogP contribution in [0.4, 0.5) is 10.6 Å². The van der Waals surface area contributed by atoms with Crippen molar-refractivity contribution in [1.82, 2.24) is 10.3 Å². The fraction of sp³-hybridized carbons (Fsp3) is 0.650. The number of hydrogen-bond donors (Lipinski definition) is 1. The standard InChI is InChI=1S/C20H31N3O4/c1-15-13-18(23-9-11-26-12-10-23)22-14-16(15)17(24)7-5-6-8-21-19(25)27-20(2,3)4/h13-14H,5-12H2,1-4H3,(H,21,25). The van der Waals surface area contributed by atoms with Crippen LogP contribution in [-0.4, -0.2) is 55.3 Å². The summed E-state index contributed by atoms with van der Waals surface area (Å²) in [5.41, 5.74) is 1.12. The van der Waals surface area contributed by atoms with Gasteiger partial charge in [-0.15, -0.1) is 0 Å². The van der Waals surface area contributed by atoms with Crippen LogP contribution in [0.3, 0.4) is 0 Å². The number of ether oxygens (including phenoxy) is 2. The number of alkyl carbamates (subject to hydrolysis) is 1. The van der Waals surface area contributed by atoms with Crippen molar-refractivity contribution in [3.63, 3.8) is 0 Å². The second-order valence-electron chi connectivity index (χ2n) is 7.77. The van der Waals surface area contributed by atoms with Crippen molar-refractivity contribution < 1.29 is 19.1 Å². The van der Waals surface area contributed by atoms with E-state index in [0.717, 1.165) is 30.9 Å². The number of nitrogens with one attached hydrogen (secondary N) is 1. The molecule has 150 valence electrons. The molecule has 0 bridgehead atoms. The molecule has 7 heteroatoms. The van der Waals surface area contributed by atoms with Crippen LogP contribution in [0.25, 0.3) is 0 Å². The lowest BCUT2D eigenvalue weighted by molar-refractivity contribution is 0.0527. The lowest BCUT2D eigenvalue weighted by Crippen LogP contribution is -2.36. The molecule has 0 aliphatic carbocycles. The third kappa shape index (κ3) is 7.17. The topological polar surface area (TPSA) is 80.8 Å². The summed E-state index contributed by atoms with van der Waals surface area (Å²) in [5, 5.41) is 2.71. The maximum atomic E-state index is 12.5. The number of morpholine rings is 1. The first-order valence-electron chi connectivity index (χ1n) is 9.55. The molecule has 0 atom stereocenters. The number of carbonyl (C=O) groups excluding carboxylic acids is 2. The van der Waals surface area contributed by atoms with Crippen molar-refractivity contribution in [3.05, 3.63) is 23.4 Å². The average molecular weight is 377 g/mol. The van der Waals surface area contributed by atoms with Crippen molar-refractivity contribution in [2.45, 2.75) is 52.6 Å². The van der Waals surface area contributed by atoms with Crippen LogP contribution in [0.1, 0.15) is 56.0 Å². The van der Waals surface area contributed by atoms with Gasteiger partial charge in [-0.1, -0.05) is 0 Å². The normalized spacial score (nSPS) is 14.7. The van der Waals surface area contributed by atoms with Gasteiger partial charge in [0, 0.05) is 37.8 Å². The van der Waals surface area contributed by atoms with E-state index in [9.17, 15) is 9.59 Å². The highest BCUT2D eigenvalue weighted by Gasteiger charge is 2.17. The monoisotopic (exact) mass is 377 g/mol. The third-order valence-corrected chi connectivity index (χ3v) is 4.23. The van der Waals surface area contributed by atoms with E-state index < -0.39 is 11.7 Å². The van der Waals surface area contributed by atoms with Crippen LogP contribution in [0.2, 0.25) is 0 Å². The van der Waals surface area contributed by atoms with E-state index in [1.54, 1.807) is 6.20 Å². The van der Waals surface area contributed by atoms with Crippen LogP contribution < -0.4 is 10.2 Å². The number of pyridine rings is 1. The Balaban J connectivity index is 1.75. The summed E-state index contributed by atoms with van der Waals surface area (Å²) in [6.45, 7) is 11.0. The number of aromatic nitrogens is 1. The zero-order valence-electron chi connectivity index (χ0n) is 16.8. The Morgan fingerprint density at radius 3 is 2.59 bits per heavy atom. The zero-order valence-corrected chi connectivity index (χ0v) is 16.8. The highest BCUT2D eigenvalue weighted by Crippen LogP contribution is 2.19. The first-order chi connectivity index (χ1) is 12.8. The van der Waals surface area contributed by atoms with Crippen molar-refractivity contribution in [2.75, 3.05) is 37.7 Å². The number of carbonyl (C=O) groups is 2. The zero-order chi connectivity index (χ0) is 19.9. The minimum Gasteiger partial charge on any atom is -0.444 e. The maximum Gasteiger partial charge on any atom is 0.407 e. The van der Waals surface area contributed by atoms with Gasteiger partial charge in [-0.3, -0.25) is 4.79 Å². The Morgan fingerprint density at radius 2 is 1.96 bits per heavy atom. The Hall–Kier alpha value is -2.15. The molecule has 1 fully saturated rings. The molecule has 1 aliphatic rings.